The first-order valence-corrected chi connectivity index (χ1v) is 7.40. The van der Waals surface area contributed by atoms with Crippen molar-refractivity contribution in [1.82, 2.24) is 0 Å². The number of benzene rings is 1. The minimum atomic E-state index is -0.246. The third-order valence-corrected chi connectivity index (χ3v) is 4.71. The van der Waals surface area contributed by atoms with Crippen LogP contribution in [0.3, 0.4) is 0 Å². The van der Waals surface area contributed by atoms with Gasteiger partial charge in [0.05, 0.1) is 23.9 Å². The van der Waals surface area contributed by atoms with E-state index in [1.54, 1.807) is 0 Å². The minimum absolute atomic E-state index is 0.124. The van der Waals surface area contributed by atoms with Gasteiger partial charge in [-0.05, 0) is 39.7 Å². The molecule has 1 aliphatic heterocycles. The molecule has 2 atom stereocenters. The predicted molar refractivity (Wildman–Crippen MR) is 79.5 cm³/mol. The van der Waals surface area contributed by atoms with E-state index in [9.17, 15) is 0 Å². The quantitative estimate of drug-likeness (QED) is 0.787. The van der Waals surface area contributed by atoms with Crippen molar-refractivity contribution in [2.45, 2.75) is 63.8 Å². The molecule has 2 aliphatic rings. The highest BCUT2D eigenvalue weighted by Gasteiger charge is 2.60. The molecule has 0 aromatic heterocycles. The van der Waals surface area contributed by atoms with Crippen LogP contribution in [0.2, 0.25) is 5.82 Å². The molecular weight excluding hydrogens is 251 g/mol. The summed E-state index contributed by atoms with van der Waals surface area (Å²) >= 11 is 0. The molecule has 20 heavy (non-hydrogen) atoms. The summed E-state index contributed by atoms with van der Waals surface area (Å²) in [6, 6.07) is 10.3. The highest BCUT2D eigenvalue weighted by atomic mass is 16.7. The predicted octanol–water partition coefficient (Wildman–Crippen LogP) is 3.44. The van der Waals surface area contributed by atoms with E-state index >= 15 is 0 Å². The molecular formula is C16H23BO3. The zero-order chi connectivity index (χ0) is 14.4. The molecule has 0 N–H and O–H groups in total. The summed E-state index contributed by atoms with van der Waals surface area (Å²) in [4.78, 5) is 0. The van der Waals surface area contributed by atoms with E-state index in [1.807, 2.05) is 18.2 Å². The van der Waals surface area contributed by atoms with Gasteiger partial charge in [-0.3, -0.25) is 0 Å². The van der Waals surface area contributed by atoms with Crippen molar-refractivity contribution < 1.29 is 14.0 Å². The average molecular weight is 274 g/mol. The van der Waals surface area contributed by atoms with Crippen LogP contribution in [0.5, 0.6) is 0 Å². The molecule has 108 valence electrons. The Kier molecular flexibility index (Phi) is 3.43. The van der Waals surface area contributed by atoms with Crippen LogP contribution in [0.15, 0.2) is 30.3 Å². The third kappa shape index (κ3) is 2.65. The molecule has 1 aromatic carbocycles. The van der Waals surface area contributed by atoms with Gasteiger partial charge in [-0.15, -0.1) is 0 Å². The van der Waals surface area contributed by atoms with Crippen molar-refractivity contribution in [2.75, 3.05) is 0 Å². The number of hydrogen-bond acceptors (Lipinski definition) is 3. The molecule has 0 spiro atoms. The second kappa shape index (κ2) is 4.87. The zero-order valence-corrected chi connectivity index (χ0v) is 12.8. The lowest BCUT2D eigenvalue weighted by Crippen LogP contribution is -2.41. The monoisotopic (exact) mass is 274 g/mol. The summed E-state index contributed by atoms with van der Waals surface area (Å²) < 4.78 is 18.1. The molecule has 1 saturated heterocycles. The smallest absolute Gasteiger partial charge is 0.403 e. The Morgan fingerprint density at radius 2 is 1.70 bits per heavy atom. The maximum atomic E-state index is 6.07. The second-order valence-electron chi connectivity index (χ2n) is 6.86. The highest BCUT2D eigenvalue weighted by Crippen LogP contribution is 2.50. The topological polar surface area (TPSA) is 27.7 Å². The fraction of sp³-hybridized carbons (Fsp3) is 0.625. The summed E-state index contributed by atoms with van der Waals surface area (Å²) in [7, 11) is -0.124. The Morgan fingerprint density at radius 3 is 2.30 bits per heavy atom. The Labute approximate surface area is 121 Å². The molecule has 3 rings (SSSR count). The maximum absolute atomic E-state index is 6.07. The molecule has 0 amide bonds. The SMILES string of the molecule is CC1(C)OB([C@@H]2C[C@@H]2OCc2ccccc2)OC1(C)C. The van der Waals surface area contributed by atoms with Gasteiger partial charge in [0.1, 0.15) is 0 Å². The van der Waals surface area contributed by atoms with Crippen molar-refractivity contribution in [3.8, 4) is 0 Å². The number of rotatable bonds is 4. The maximum Gasteiger partial charge on any atom is 0.463 e. The molecule has 1 saturated carbocycles. The van der Waals surface area contributed by atoms with Crippen LogP contribution < -0.4 is 0 Å². The lowest BCUT2D eigenvalue weighted by atomic mass is 9.82. The zero-order valence-electron chi connectivity index (χ0n) is 12.8. The third-order valence-electron chi connectivity index (χ3n) is 4.71. The Bertz CT molecular complexity index is 456. The first kappa shape index (κ1) is 14.1. The number of hydrogen-bond donors (Lipinski definition) is 0. The molecule has 0 radical (unpaired) electrons. The minimum Gasteiger partial charge on any atom is -0.403 e. The van der Waals surface area contributed by atoms with E-state index in [0.29, 0.717) is 12.4 Å². The van der Waals surface area contributed by atoms with E-state index in [2.05, 4.69) is 39.8 Å². The standard InChI is InChI=1S/C16H23BO3/c1-15(2)16(3,4)20-17(19-15)13-10-14(13)18-11-12-8-6-5-7-9-12/h5-9,13-14H,10-11H2,1-4H3/t13-,14+/m1/s1. The fourth-order valence-corrected chi connectivity index (χ4v) is 2.51. The van der Waals surface area contributed by atoms with Gasteiger partial charge in [-0.25, -0.2) is 0 Å². The van der Waals surface area contributed by atoms with Crippen molar-refractivity contribution >= 4 is 7.12 Å². The largest absolute Gasteiger partial charge is 0.463 e. The molecule has 1 aliphatic carbocycles. The van der Waals surface area contributed by atoms with Crippen LogP contribution in [0.4, 0.5) is 0 Å². The summed E-state index contributed by atoms with van der Waals surface area (Å²) in [5.41, 5.74) is 0.723. The molecule has 3 nitrogen and oxygen atoms in total. The van der Waals surface area contributed by atoms with Gasteiger partial charge in [-0.1, -0.05) is 30.3 Å². The van der Waals surface area contributed by atoms with E-state index in [0.717, 1.165) is 6.42 Å². The van der Waals surface area contributed by atoms with Gasteiger partial charge in [0.2, 0.25) is 0 Å². The summed E-state index contributed by atoms with van der Waals surface area (Å²) in [6.45, 7) is 9.04. The van der Waals surface area contributed by atoms with Gasteiger partial charge in [0.25, 0.3) is 0 Å². The van der Waals surface area contributed by atoms with E-state index in [-0.39, 0.29) is 24.4 Å². The van der Waals surface area contributed by atoms with Gasteiger partial charge in [-0.2, -0.15) is 0 Å². The van der Waals surface area contributed by atoms with E-state index < -0.39 is 0 Å². The molecule has 1 heterocycles. The molecule has 4 heteroatoms. The normalized spacial score (nSPS) is 30.5. The van der Waals surface area contributed by atoms with Gasteiger partial charge in [0, 0.05) is 5.82 Å². The van der Waals surface area contributed by atoms with Crippen LogP contribution in [0.25, 0.3) is 0 Å². The highest BCUT2D eigenvalue weighted by molar-refractivity contribution is 6.49. The van der Waals surface area contributed by atoms with Crippen LogP contribution in [-0.4, -0.2) is 24.4 Å². The molecule has 0 unspecified atom stereocenters. The van der Waals surface area contributed by atoms with Crippen molar-refractivity contribution in [1.29, 1.82) is 0 Å². The van der Waals surface area contributed by atoms with Gasteiger partial charge in [0.15, 0.2) is 0 Å². The van der Waals surface area contributed by atoms with Crippen molar-refractivity contribution in [3.63, 3.8) is 0 Å². The average Bonchev–Trinajstić information content (AvgIpc) is 3.11. The van der Waals surface area contributed by atoms with E-state index in [1.165, 1.54) is 5.56 Å². The van der Waals surface area contributed by atoms with Gasteiger partial charge >= 0.3 is 7.12 Å². The van der Waals surface area contributed by atoms with Crippen LogP contribution in [0, 0.1) is 0 Å². The molecule has 2 fully saturated rings. The van der Waals surface area contributed by atoms with Crippen LogP contribution in [-0.2, 0) is 20.7 Å². The lowest BCUT2D eigenvalue weighted by molar-refractivity contribution is 0.00578. The Hall–Kier alpha value is -0.835. The van der Waals surface area contributed by atoms with Crippen molar-refractivity contribution in [2.24, 2.45) is 0 Å². The fourth-order valence-electron chi connectivity index (χ4n) is 2.51. The molecule has 1 aromatic rings. The Balaban J connectivity index is 1.51. The summed E-state index contributed by atoms with van der Waals surface area (Å²) in [5.74, 6) is 0.375. The van der Waals surface area contributed by atoms with Crippen LogP contribution >= 0.6 is 0 Å². The van der Waals surface area contributed by atoms with Crippen LogP contribution in [0.1, 0.15) is 39.7 Å². The Morgan fingerprint density at radius 1 is 1.10 bits per heavy atom. The van der Waals surface area contributed by atoms with E-state index in [4.69, 9.17) is 14.0 Å². The summed E-state index contributed by atoms with van der Waals surface area (Å²) in [6.07, 6.45) is 1.30. The first-order valence-electron chi connectivity index (χ1n) is 7.40. The summed E-state index contributed by atoms with van der Waals surface area (Å²) in [5, 5.41) is 0. The number of ether oxygens (including phenoxy) is 1. The van der Waals surface area contributed by atoms with Crippen molar-refractivity contribution in [3.05, 3.63) is 35.9 Å². The first-order chi connectivity index (χ1) is 9.39. The molecule has 0 bridgehead atoms. The van der Waals surface area contributed by atoms with Gasteiger partial charge < -0.3 is 14.0 Å². The second-order valence-corrected chi connectivity index (χ2v) is 6.86. The lowest BCUT2D eigenvalue weighted by Gasteiger charge is -2.32.